The molecule has 29 heavy (non-hydrogen) atoms. The van der Waals surface area contributed by atoms with Gasteiger partial charge < -0.3 is 10.4 Å². The molecule has 0 fully saturated rings. The Kier molecular flexibility index (Phi) is 4.64. The van der Waals surface area contributed by atoms with Crippen LogP contribution in [0.15, 0.2) is 71.8 Å². The number of fused-ring (bicyclic) bond motifs is 1. The maximum atomic E-state index is 13.7. The topological polar surface area (TPSA) is 89.2 Å². The van der Waals surface area contributed by atoms with Crippen LogP contribution in [-0.4, -0.2) is 25.5 Å². The zero-order valence-electron chi connectivity index (χ0n) is 16.0. The highest BCUT2D eigenvalue weighted by molar-refractivity contribution is 5.96. The molecule has 4 aromatic rings. The second-order valence-electron chi connectivity index (χ2n) is 6.89. The zero-order chi connectivity index (χ0) is 20.5. The number of amides is 1. The van der Waals surface area contributed by atoms with Crippen LogP contribution in [0.3, 0.4) is 0 Å². The van der Waals surface area contributed by atoms with Gasteiger partial charge in [0.25, 0.3) is 5.56 Å². The summed E-state index contributed by atoms with van der Waals surface area (Å²) in [6, 6.07) is 16.2. The highest BCUT2D eigenvalue weighted by atomic mass is 16.4. The summed E-state index contributed by atoms with van der Waals surface area (Å²) < 4.78 is 3.26. The summed E-state index contributed by atoms with van der Waals surface area (Å²) in [5.74, 6) is 0. The average Bonchev–Trinajstić information content (AvgIpc) is 3.13. The molecule has 1 amide bonds. The normalized spacial score (nSPS) is 12.1. The summed E-state index contributed by atoms with van der Waals surface area (Å²) in [6.45, 7) is 1.72. The Bertz CT molecular complexity index is 1260. The van der Waals surface area contributed by atoms with Gasteiger partial charge in [0.05, 0.1) is 17.6 Å². The second-order valence-corrected chi connectivity index (χ2v) is 6.89. The van der Waals surface area contributed by atoms with Gasteiger partial charge in [-0.3, -0.25) is 14.0 Å². The van der Waals surface area contributed by atoms with E-state index in [-0.39, 0.29) is 5.56 Å². The SMILES string of the molecule is CC(NC(=O)O)c1cc2cccc(-c3cnn(C)c3)c2c(=O)n1-c1ccccc1. The highest BCUT2D eigenvalue weighted by Crippen LogP contribution is 2.28. The van der Waals surface area contributed by atoms with Crippen LogP contribution >= 0.6 is 0 Å². The number of hydrogen-bond acceptors (Lipinski definition) is 3. The number of hydrogen-bond donors (Lipinski definition) is 2. The Morgan fingerprint density at radius 1 is 1.14 bits per heavy atom. The molecule has 0 saturated carbocycles. The van der Waals surface area contributed by atoms with Gasteiger partial charge >= 0.3 is 6.09 Å². The van der Waals surface area contributed by atoms with Crippen molar-refractivity contribution in [3.63, 3.8) is 0 Å². The number of nitrogens with zero attached hydrogens (tertiary/aromatic N) is 3. The summed E-state index contributed by atoms with van der Waals surface area (Å²) in [4.78, 5) is 24.9. The van der Waals surface area contributed by atoms with Gasteiger partial charge in [0.1, 0.15) is 0 Å². The van der Waals surface area contributed by atoms with E-state index < -0.39 is 12.1 Å². The molecule has 2 aromatic carbocycles. The lowest BCUT2D eigenvalue weighted by Gasteiger charge is -2.20. The first kappa shape index (κ1) is 18.5. The molecule has 7 heteroatoms. The van der Waals surface area contributed by atoms with Crippen LogP contribution in [0.5, 0.6) is 0 Å². The number of nitrogens with one attached hydrogen (secondary N) is 1. The smallest absolute Gasteiger partial charge is 0.405 e. The number of carboxylic acid groups (broad SMARTS) is 1. The fourth-order valence-corrected chi connectivity index (χ4v) is 3.60. The van der Waals surface area contributed by atoms with Gasteiger partial charge in [-0.15, -0.1) is 0 Å². The largest absolute Gasteiger partial charge is 0.465 e. The fraction of sp³-hybridized carbons (Fsp3) is 0.136. The Morgan fingerprint density at radius 2 is 1.90 bits per heavy atom. The van der Waals surface area contributed by atoms with E-state index in [1.807, 2.05) is 67.8 Å². The predicted octanol–water partition coefficient (Wildman–Crippen LogP) is 3.72. The molecule has 7 nitrogen and oxygen atoms in total. The fourth-order valence-electron chi connectivity index (χ4n) is 3.60. The van der Waals surface area contributed by atoms with E-state index in [0.29, 0.717) is 16.8 Å². The molecule has 2 N–H and O–H groups in total. The van der Waals surface area contributed by atoms with Crippen molar-refractivity contribution in [2.24, 2.45) is 7.05 Å². The number of rotatable bonds is 4. The number of aromatic nitrogens is 3. The molecule has 0 aliphatic heterocycles. The number of pyridine rings is 1. The van der Waals surface area contributed by atoms with Gasteiger partial charge in [-0.1, -0.05) is 36.4 Å². The first-order valence-electron chi connectivity index (χ1n) is 9.18. The van der Waals surface area contributed by atoms with Crippen LogP contribution in [0.1, 0.15) is 18.7 Å². The number of benzene rings is 2. The maximum absolute atomic E-state index is 13.7. The third-order valence-electron chi connectivity index (χ3n) is 4.89. The summed E-state index contributed by atoms with van der Waals surface area (Å²) in [6.07, 6.45) is 2.45. The van der Waals surface area contributed by atoms with Crippen LogP contribution in [-0.2, 0) is 7.05 Å². The Balaban J connectivity index is 2.06. The molecular formula is C22H20N4O3. The first-order valence-corrected chi connectivity index (χ1v) is 9.18. The van der Waals surface area contributed by atoms with E-state index in [1.54, 1.807) is 22.4 Å². The minimum absolute atomic E-state index is 0.206. The third kappa shape index (κ3) is 3.38. The highest BCUT2D eigenvalue weighted by Gasteiger charge is 2.19. The van der Waals surface area contributed by atoms with Crippen molar-refractivity contribution in [2.45, 2.75) is 13.0 Å². The summed E-state index contributed by atoms with van der Waals surface area (Å²) >= 11 is 0. The molecule has 1 atom stereocenters. The summed E-state index contributed by atoms with van der Waals surface area (Å²) in [5.41, 5.74) is 2.67. The lowest BCUT2D eigenvalue weighted by atomic mass is 10.00. The van der Waals surface area contributed by atoms with E-state index in [9.17, 15) is 14.7 Å². The van der Waals surface area contributed by atoms with Crippen molar-refractivity contribution < 1.29 is 9.90 Å². The average molecular weight is 388 g/mol. The van der Waals surface area contributed by atoms with Crippen LogP contribution in [0.4, 0.5) is 4.79 Å². The van der Waals surface area contributed by atoms with Crippen molar-refractivity contribution in [3.05, 3.63) is 83.0 Å². The number of para-hydroxylation sites is 1. The van der Waals surface area contributed by atoms with E-state index in [4.69, 9.17) is 0 Å². The Morgan fingerprint density at radius 3 is 2.55 bits per heavy atom. The van der Waals surface area contributed by atoms with Gasteiger partial charge in [0, 0.05) is 30.2 Å². The number of aryl methyl sites for hydroxylation is 1. The molecule has 0 bridgehead atoms. The van der Waals surface area contributed by atoms with Gasteiger partial charge in [-0.05, 0) is 36.1 Å². The van der Waals surface area contributed by atoms with Crippen molar-refractivity contribution in [2.75, 3.05) is 0 Å². The van der Waals surface area contributed by atoms with Crippen LogP contribution in [0.25, 0.3) is 27.6 Å². The van der Waals surface area contributed by atoms with E-state index >= 15 is 0 Å². The van der Waals surface area contributed by atoms with E-state index in [0.717, 1.165) is 16.5 Å². The van der Waals surface area contributed by atoms with Crippen LogP contribution in [0.2, 0.25) is 0 Å². The van der Waals surface area contributed by atoms with Crippen LogP contribution < -0.4 is 10.9 Å². The van der Waals surface area contributed by atoms with Gasteiger partial charge in [0.2, 0.25) is 0 Å². The monoisotopic (exact) mass is 388 g/mol. The number of carbonyl (C=O) groups is 1. The Labute approximate surface area is 166 Å². The second kappa shape index (κ2) is 7.27. The quantitative estimate of drug-likeness (QED) is 0.558. The maximum Gasteiger partial charge on any atom is 0.405 e. The minimum Gasteiger partial charge on any atom is -0.465 e. The first-order chi connectivity index (χ1) is 14.0. The standard InChI is InChI=1S/C22H20N4O3/c1-14(24-22(28)29)19-11-15-7-6-10-18(16-12-23-25(2)13-16)20(15)21(27)26(19)17-8-4-3-5-9-17/h3-14,24H,1-2H3,(H,28,29). The molecule has 146 valence electrons. The van der Waals surface area contributed by atoms with Crippen molar-refractivity contribution >= 4 is 16.9 Å². The third-order valence-corrected chi connectivity index (χ3v) is 4.89. The molecule has 0 aliphatic carbocycles. The van der Waals surface area contributed by atoms with Gasteiger partial charge in [0.15, 0.2) is 0 Å². The molecule has 2 heterocycles. The molecule has 0 radical (unpaired) electrons. The lowest BCUT2D eigenvalue weighted by molar-refractivity contribution is 0.190. The van der Waals surface area contributed by atoms with Crippen molar-refractivity contribution in [3.8, 4) is 16.8 Å². The van der Waals surface area contributed by atoms with Gasteiger partial charge in [-0.2, -0.15) is 5.10 Å². The predicted molar refractivity (Wildman–Crippen MR) is 111 cm³/mol. The zero-order valence-corrected chi connectivity index (χ0v) is 16.0. The van der Waals surface area contributed by atoms with E-state index in [2.05, 4.69) is 10.4 Å². The van der Waals surface area contributed by atoms with E-state index in [1.165, 1.54) is 0 Å². The molecule has 0 saturated heterocycles. The molecule has 0 spiro atoms. The summed E-state index contributed by atoms with van der Waals surface area (Å²) in [5, 5.41) is 17.2. The molecular weight excluding hydrogens is 368 g/mol. The molecule has 4 rings (SSSR count). The Hall–Kier alpha value is -3.87. The molecule has 0 aliphatic rings. The van der Waals surface area contributed by atoms with Crippen LogP contribution in [0, 0.1) is 0 Å². The lowest BCUT2D eigenvalue weighted by Crippen LogP contribution is -2.31. The van der Waals surface area contributed by atoms with Crippen molar-refractivity contribution in [1.82, 2.24) is 19.7 Å². The summed E-state index contributed by atoms with van der Waals surface area (Å²) in [7, 11) is 1.83. The van der Waals surface area contributed by atoms with Crippen molar-refractivity contribution in [1.29, 1.82) is 0 Å². The van der Waals surface area contributed by atoms with Gasteiger partial charge in [-0.25, -0.2) is 4.79 Å². The molecule has 1 unspecified atom stereocenters. The minimum atomic E-state index is -1.14. The molecule has 2 aromatic heterocycles.